The Hall–Kier alpha value is -2.09. The van der Waals surface area contributed by atoms with Gasteiger partial charge in [0.05, 0.1) is 0 Å². The average molecular weight is 208 g/mol. The zero-order valence-electron chi connectivity index (χ0n) is 9.12. The first-order valence-electron chi connectivity index (χ1n) is 5.27. The second kappa shape index (κ2) is 3.20. The van der Waals surface area contributed by atoms with Crippen molar-refractivity contribution >= 4 is 17.7 Å². The highest BCUT2D eigenvalue weighted by atomic mass is 14.7. The summed E-state index contributed by atoms with van der Waals surface area (Å²) in [5, 5.41) is 2.14. The Morgan fingerprint density at radius 2 is 2.25 bits per heavy atom. The predicted octanol–water partition coefficient (Wildman–Crippen LogP) is 1.44. The Labute approximate surface area is 93.7 Å². The van der Waals surface area contributed by atoms with Crippen molar-refractivity contribution in [3.8, 4) is 0 Å². The zero-order chi connectivity index (χ0) is 11.1. The Morgan fingerprint density at radius 3 is 3.00 bits per heavy atom. The van der Waals surface area contributed by atoms with E-state index in [-0.39, 0.29) is 0 Å². The van der Waals surface area contributed by atoms with E-state index in [0.717, 1.165) is 10.9 Å². The van der Waals surface area contributed by atoms with Crippen LogP contribution in [-0.2, 0) is 0 Å². The molecule has 0 aromatic carbocycles. The van der Waals surface area contributed by atoms with Crippen LogP contribution in [0, 0.1) is 0 Å². The molecule has 0 saturated heterocycles. The molecule has 0 amide bonds. The maximum Gasteiger partial charge on any atom is 0.0494 e. The highest BCUT2D eigenvalue weighted by Gasteiger charge is 2.14. The van der Waals surface area contributed by atoms with Gasteiger partial charge in [-0.1, -0.05) is 12.6 Å². The van der Waals surface area contributed by atoms with E-state index in [9.17, 15) is 0 Å². The maximum absolute atomic E-state index is 4.16. The molecule has 2 heteroatoms. The molecule has 78 valence electrons. The van der Waals surface area contributed by atoms with Crippen molar-refractivity contribution in [3.05, 3.63) is 58.5 Å². The largest absolute Gasteiger partial charge is 0.355 e. The summed E-state index contributed by atoms with van der Waals surface area (Å²) in [7, 11) is 0. The van der Waals surface area contributed by atoms with Gasteiger partial charge in [0.1, 0.15) is 0 Å². The van der Waals surface area contributed by atoms with Gasteiger partial charge in [0.2, 0.25) is 0 Å². The van der Waals surface area contributed by atoms with E-state index in [4.69, 9.17) is 0 Å². The quantitative estimate of drug-likeness (QED) is 0.754. The van der Waals surface area contributed by atoms with E-state index >= 15 is 0 Å². The van der Waals surface area contributed by atoms with Gasteiger partial charge in [0.15, 0.2) is 0 Å². The van der Waals surface area contributed by atoms with Crippen molar-refractivity contribution < 1.29 is 0 Å². The molecule has 2 heterocycles. The first-order valence-corrected chi connectivity index (χ1v) is 5.27. The lowest BCUT2D eigenvalue weighted by Crippen LogP contribution is -2.09. The standard InChI is InChI=1S/C14H12N2/c1-9-6-12(11-4-3-5-15-8-11)13-7-10(2)16-14(9)13/h3-8,16H,2H2,1H3. The van der Waals surface area contributed by atoms with Crippen LogP contribution in [0.15, 0.2) is 36.7 Å². The molecule has 16 heavy (non-hydrogen) atoms. The van der Waals surface area contributed by atoms with Crippen LogP contribution in [0.5, 0.6) is 0 Å². The van der Waals surface area contributed by atoms with Crippen LogP contribution >= 0.6 is 0 Å². The molecule has 0 unspecified atom stereocenters. The van der Waals surface area contributed by atoms with Crippen molar-refractivity contribution in [1.82, 2.24) is 9.97 Å². The number of fused-ring (bicyclic) bond motifs is 1. The molecule has 0 spiro atoms. The highest BCUT2D eigenvalue weighted by Crippen LogP contribution is 2.25. The lowest BCUT2D eigenvalue weighted by molar-refractivity contribution is 1.26. The van der Waals surface area contributed by atoms with Crippen molar-refractivity contribution in [2.75, 3.05) is 0 Å². The fourth-order valence-electron chi connectivity index (χ4n) is 2.16. The Balaban J connectivity index is 2.23. The van der Waals surface area contributed by atoms with Gasteiger partial charge in [0, 0.05) is 34.2 Å². The van der Waals surface area contributed by atoms with Crippen molar-refractivity contribution in [1.29, 1.82) is 0 Å². The summed E-state index contributed by atoms with van der Waals surface area (Å²) >= 11 is 0. The fraction of sp³-hybridized carbons (Fsp3) is 0.0714. The summed E-state index contributed by atoms with van der Waals surface area (Å²) in [4.78, 5) is 7.44. The molecule has 1 aliphatic rings. The van der Waals surface area contributed by atoms with Gasteiger partial charge in [-0.15, -0.1) is 0 Å². The van der Waals surface area contributed by atoms with E-state index in [1.54, 1.807) is 6.20 Å². The first kappa shape index (κ1) is 9.16. The van der Waals surface area contributed by atoms with Crippen molar-refractivity contribution in [2.45, 2.75) is 6.92 Å². The number of H-pyrrole nitrogens is 1. The molecule has 2 aromatic heterocycles. The lowest BCUT2D eigenvalue weighted by atomic mass is 10.0. The minimum Gasteiger partial charge on any atom is -0.355 e. The Morgan fingerprint density at radius 1 is 1.38 bits per heavy atom. The van der Waals surface area contributed by atoms with Gasteiger partial charge < -0.3 is 4.98 Å². The molecule has 3 rings (SSSR count). The van der Waals surface area contributed by atoms with E-state index in [1.807, 2.05) is 12.3 Å². The molecule has 1 aliphatic carbocycles. The molecule has 1 N–H and O–H groups in total. The summed E-state index contributed by atoms with van der Waals surface area (Å²) in [6.07, 6.45) is 5.88. The van der Waals surface area contributed by atoms with Gasteiger partial charge >= 0.3 is 0 Å². The molecule has 2 nitrogen and oxygen atoms in total. The molecular weight excluding hydrogens is 196 g/mol. The topological polar surface area (TPSA) is 28.7 Å². The molecule has 2 aromatic rings. The molecular formula is C14H12N2. The molecule has 0 aliphatic heterocycles. The number of rotatable bonds is 1. The zero-order valence-corrected chi connectivity index (χ0v) is 9.12. The predicted molar refractivity (Wildman–Crippen MR) is 66.0 cm³/mol. The van der Waals surface area contributed by atoms with Crippen molar-refractivity contribution in [3.63, 3.8) is 0 Å². The number of allylic oxidation sites excluding steroid dienone is 1. The summed E-state index contributed by atoms with van der Waals surface area (Å²) in [5.74, 6) is 0. The first-order chi connectivity index (χ1) is 7.75. The van der Waals surface area contributed by atoms with E-state index in [0.29, 0.717) is 0 Å². The van der Waals surface area contributed by atoms with Crippen LogP contribution in [0.3, 0.4) is 0 Å². The summed E-state index contributed by atoms with van der Waals surface area (Å²) < 4.78 is 0. The van der Waals surface area contributed by atoms with Crippen LogP contribution in [0.4, 0.5) is 0 Å². The SMILES string of the molecule is C=c1cc2c([nH]1)=C(C)C=C2c1cccnc1. The van der Waals surface area contributed by atoms with E-state index in [2.05, 4.69) is 41.7 Å². The number of pyridine rings is 1. The second-order valence-corrected chi connectivity index (χ2v) is 4.07. The smallest absolute Gasteiger partial charge is 0.0494 e. The van der Waals surface area contributed by atoms with Crippen LogP contribution < -0.4 is 10.7 Å². The summed E-state index contributed by atoms with van der Waals surface area (Å²) in [6, 6.07) is 6.13. The third kappa shape index (κ3) is 1.23. The van der Waals surface area contributed by atoms with Crippen molar-refractivity contribution in [2.24, 2.45) is 0 Å². The van der Waals surface area contributed by atoms with Gasteiger partial charge in [0.25, 0.3) is 0 Å². The Kier molecular flexibility index (Phi) is 1.83. The number of hydrogen-bond donors (Lipinski definition) is 1. The average Bonchev–Trinajstić information content (AvgIpc) is 2.80. The third-order valence-electron chi connectivity index (χ3n) is 2.89. The van der Waals surface area contributed by atoms with Gasteiger partial charge in [-0.05, 0) is 36.3 Å². The third-order valence-corrected chi connectivity index (χ3v) is 2.89. The van der Waals surface area contributed by atoms with Crippen LogP contribution in [0.1, 0.15) is 18.1 Å². The summed E-state index contributed by atoms with van der Waals surface area (Å²) in [6.45, 7) is 6.04. The Bertz CT molecular complexity index is 675. The molecule has 0 saturated carbocycles. The monoisotopic (exact) mass is 208 g/mol. The van der Waals surface area contributed by atoms with Crippen LogP contribution in [0.25, 0.3) is 17.7 Å². The molecule has 0 radical (unpaired) electrons. The van der Waals surface area contributed by atoms with Crippen LogP contribution in [0.2, 0.25) is 0 Å². The minimum atomic E-state index is 0.957. The molecule has 0 bridgehead atoms. The normalized spacial score (nSPS) is 13.8. The van der Waals surface area contributed by atoms with Crippen LogP contribution in [-0.4, -0.2) is 9.97 Å². The highest BCUT2D eigenvalue weighted by molar-refractivity contribution is 5.90. The van der Waals surface area contributed by atoms with E-state index in [1.165, 1.54) is 22.1 Å². The van der Waals surface area contributed by atoms with E-state index < -0.39 is 0 Å². The second-order valence-electron chi connectivity index (χ2n) is 4.07. The molecule has 0 fully saturated rings. The maximum atomic E-state index is 4.16. The minimum absolute atomic E-state index is 0.957. The van der Waals surface area contributed by atoms with Gasteiger partial charge in [-0.25, -0.2) is 0 Å². The summed E-state index contributed by atoms with van der Waals surface area (Å²) in [5.41, 5.74) is 4.87. The number of aromatic amines is 1. The number of aromatic nitrogens is 2. The van der Waals surface area contributed by atoms with Gasteiger partial charge in [-0.3, -0.25) is 4.98 Å². The van der Waals surface area contributed by atoms with Gasteiger partial charge in [-0.2, -0.15) is 0 Å². The number of hydrogen-bond acceptors (Lipinski definition) is 1. The fourth-order valence-corrected chi connectivity index (χ4v) is 2.16. The lowest BCUT2D eigenvalue weighted by Gasteiger charge is -2.00. The molecule has 0 atom stereocenters. The number of nitrogens with one attached hydrogen (secondary N) is 1. The number of nitrogens with zero attached hydrogens (tertiary/aromatic N) is 1.